The molecule has 1 aliphatic carbocycles. The van der Waals surface area contributed by atoms with E-state index in [2.05, 4.69) is 11.8 Å². The van der Waals surface area contributed by atoms with E-state index in [0.717, 1.165) is 13.1 Å². The number of nitrogens with zero attached hydrogens (tertiary/aromatic N) is 1. The van der Waals surface area contributed by atoms with Crippen LogP contribution in [0, 0.1) is 5.92 Å². The molecule has 1 saturated carbocycles. The molecule has 0 aromatic heterocycles. The summed E-state index contributed by atoms with van der Waals surface area (Å²) in [6.45, 7) is 4.47. The van der Waals surface area contributed by atoms with Gasteiger partial charge in [0.15, 0.2) is 0 Å². The zero-order valence-corrected chi connectivity index (χ0v) is 8.30. The van der Waals surface area contributed by atoms with Gasteiger partial charge in [-0.2, -0.15) is 0 Å². The highest BCUT2D eigenvalue weighted by molar-refractivity contribution is 4.98. The van der Waals surface area contributed by atoms with E-state index in [1.54, 1.807) is 0 Å². The molecule has 0 aromatic rings. The molecule has 3 heteroatoms. The predicted molar refractivity (Wildman–Crippen MR) is 51.3 cm³/mol. The van der Waals surface area contributed by atoms with Crippen molar-refractivity contribution in [3.63, 3.8) is 0 Å². The van der Waals surface area contributed by atoms with E-state index >= 15 is 0 Å². The molecule has 0 radical (unpaired) electrons. The third-order valence-corrected chi connectivity index (χ3v) is 3.29. The first kappa shape index (κ1) is 9.41. The summed E-state index contributed by atoms with van der Waals surface area (Å²) in [4.78, 5) is 2.17. The second kappa shape index (κ2) is 3.21. The Balaban J connectivity index is 1.82. The fourth-order valence-corrected chi connectivity index (χ4v) is 2.28. The highest BCUT2D eigenvalue weighted by Gasteiger charge is 2.40. The third kappa shape index (κ3) is 2.20. The minimum atomic E-state index is -0.616. The Bertz CT molecular complexity index is 189. The van der Waals surface area contributed by atoms with Crippen LogP contribution in [0.2, 0.25) is 0 Å². The van der Waals surface area contributed by atoms with E-state index in [9.17, 15) is 4.39 Å². The van der Waals surface area contributed by atoms with Crippen molar-refractivity contribution in [1.29, 1.82) is 0 Å². The number of halogens is 1. The van der Waals surface area contributed by atoms with Gasteiger partial charge in [0.2, 0.25) is 0 Å². The molecule has 1 aliphatic heterocycles. The average molecular weight is 186 g/mol. The lowest BCUT2D eigenvalue weighted by Crippen LogP contribution is -2.49. The Hall–Kier alpha value is -0.150. The van der Waals surface area contributed by atoms with Gasteiger partial charge < -0.3 is 5.73 Å². The fraction of sp³-hybridized carbons (Fsp3) is 1.00. The van der Waals surface area contributed by atoms with Gasteiger partial charge in [-0.15, -0.1) is 0 Å². The number of nitrogens with two attached hydrogens (primary N) is 1. The van der Waals surface area contributed by atoms with Crippen LogP contribution in [0.4, 0.5) is 4.39 Å². The zero-order chi connectivity index (χ0) is 9.47. The van der Waals surface area contributed by atoms with Crippen LogP contribution in [0.15, 0.2) is 0 Å². The van der Waals surface area contributed by atoms with Crippen LogP contribution in [0.3, 0.4) is 0 Å². The van der Waals surface area contributed by atoms with Gasteiger partial charge in [0.25, 0.3) is 0 Å². The van der Waals surface area contributed by atoms with E-state index < -0.39 is 6.17 Å². The van der Waals surface area contributed by atoms with Crippen LogP contribution in [0.1, 0.15) is 26.2 Å². The van der Waals surface area contributed by atoms with Crippen molar-refractivity contribution in [2.75, 3.05) is 19.6 Å². The number of alkyl halides is 1. The Morgan fingerprint density at radius 1 is 1.46 bits per heavy atom. The smallest absolute Gasteiger partial charge is 0.114 e. The fourth-order valence-electron chi connectivity index (χ4n) is 2.28. The molecule has 1 saturated heterocycles. The maximum Gasteiger partial charge on any atom is 0.114 e. The third-order valence-electron chi connectivity index (χ3n) is 3.29. The van der Waals surface area contributed by atoms with Gasteiger partial charge in [0.1, 0.15) is 6.17 Å². The SMILES string of the molecule is CC(N)(CN1CCC(F)C1)C1CC1. The lowest BCUT2D eigenvalue weighted by Gasteiger charge is -2.29. The molecule has 2 unspecified atom stereocenters. The Morgan fingerprint density at radius 2 is 2.15 bits per heavy atom. The van der Waals surface area contributed by atoms with Gasteiger partial charge >= 0.3 is 0 Å². The van der Waals surface area contributed by atoms with Crippen LogP contribution in [-0.4, -0.2) is 36.2 Å². The largest absolute Gasteiger partial charge is 0.324 e. The quantitative estimate of drug-likeness (QED) is 0.716. The molecule has 2 fully saturated rings. The van der Waals surface area contributed by atoms with Crippen molar-refractivity contribution in [2.45, 2.75) is 37.9 Å². The summed E-state index contributed by atoms with van der Waals surface area (Å²) in [6.07, 6.45) is 2.61. The average Bonchev–Trinajstić information content (AvgIpc) is 2.78. The van der Waals surface area contributed by atoms with E-state index in [-0.39, 0.29) is 5.54 Å². The van der Waals surface area contributed by atoms with Crippen molar-refractivity contribution in [2.24, 2.45) is 11.7 Å². The zero-order valence-electron chi connectivity index (χ0n) is 8.30. The van der Waals surface area contributed by atoms with Crippen molar-refractivity contribution < 1.29 is 4.39 Å². The molecule has 2 nitrogen and oxygen atoms in total. The monoisotopic (exact) mass is 186 g/mol. The second-order valence-electron chi connectivity index (χ2n) is 4.90. The molecule has 76 valence electrons. The topological polar surface area (TPSA) is 29.3 Å². The normalized spacial score (nSPS) is 34.8. The van der Waals surface area contributed by atoms with Gasteiger partial charge in [-0.1, -0.05) is 0 Å². The van der Waals surface area contributed by atoms with E-state index in [1.165, 1.54) is 12.8 Å². The van der Waals surface area contributed by atoms with Crippen molar-refractivity contribution in [1.82, 2.24) is 4.90 Å². The first-order valence-electron chi connectivity index (χ1n) is 5.23. The molecule has 13 heavy (non-hydrogen) atoms. The standard InChI is InChI=1S/C10H19FN2/c1-10(12,8-2-3-8)7-13-5-4-9(11)6-13/h8-9H,2-7,12H2,1H3. The van der Waals surface area contributed by atoms with Crippen molar-refractivity contribution in [3.05, 3.63) is 0 Å². The minimum absolute atomic E-state index is 0.0793. The molecule has 2 rings (SSSR count). The van der Waals surface area contributed by atoms with Crippen molar-refractivity contribution >= 4 is 0 Å². The Morgan fingerprint density at radius 3 is 2.62 bits per heavy atom. The molecule has 1 heterocycles. The molecule has 2 atom stereocenters. The van der Waals surface area contributed by atoms with Crippen LogP contribution < -0.4 is 5.73 Å². The van der Waals surface area contributed by atoms with Crippen LogP contribution in [0.25, 0.3) is 0 Å². The molecule has 0 bridgehead atoms. The van der Waals surface area contributed by atoms with E-state index in [1.807, 2.05) is 0 Å². The summed E-state index contributed by atoms with van der Waals surface area (Å²) < 4.78 is 12.9. The van der Waals surface area contributed by atoms with Gasteiger partial charge in [0, 0.05) is 25.2 Å². The van der Waals surface area contributed by atoms with E-state index in [4.69, 9.17) is 5.73 Å². The van der Waals surface area contributed by atoms with Gasteiger partial charge in [-0.3, -0.25) is 4.90 Å². The van der Waals surface area contributed by atoms with Gasteiger partial charge in [-0.25, -0.2) is 4.39 Å². The van der Waals surface area contributed by atoms with Crippen LogP contribution >= 0.6 is 0 Å². The summed E-state index contributed by atoms with van der Waals surface area (Å²) in [5, 5.41) is 0. The summed E-state index contributed by atoms with van der Waals surface area (Å²) in [6, 6.07) is 0. The first-order chi connectivity index (χ1) is 6.08. The lowest BCUT2D eigenvalue weighted by molar-refractivity contribution is 0.222. The summed E-state index contributed by atoms with van der Waals surface area (Å²) in [5.41, 5.74) is 6.10. The lowest BCUT2D eigenvalue weighted by atomic mass is 9.97. The Kier molecular flexibility index (Phi) is 2.32. The maximum absolute atomic E-state index is 12.9. The first-order valence-corrected chi connectivity index (χ1v) is 5.23. The highest BCUT2D eigenvalue weighted by Crippen LogP contribution is 2.38. The summed E-state index contributed by atoms with van der Waals surface area (Å²) >= 11 is 0. The highest BCUT2D eigenvalue weighted by atomic mass is 19.1. The molecule has 0 aromatic carbocycles. The molecule has 2 aliphatic rings. The molecule has 2 N–H and O–H groups in total. The van der Waals surface area contributed by atoms with Crippen molar-refractivity contribution in [3.8, 4) is 0 Å². The predicted octanol–water partition coefficient (Wildman–Crippen LogP) is 1.16. The maximum atomic E-state index is 12.9. The minimum Gasteiger partial charge on any atom is -0.324 e. The molecule has 0 spiro atoms. The Labute approximate surface area is 79.3 Å². The number of rotatable bonds is 3. The van der Waals surface area contributed by atoms with Crippen LogP contribution in [-0.2, 0) is 0 Å². The van der Waals surface area contributed by atoms with Gasteiger partial charge in [0.05, 0.1) is 0 Å². The number of likely N-dealkylation sites (tertiary alicyclic amines) is 1. The number of hydrogen-bond acceptors (Lipinski definition) is 2. The molecule has 0 amide bonds. The second-order valence-corrected chi connectivity index (χ2v) is 4.90. The van der Waals surface area contributed by atoms with E-state index in [0.29, 0.717) is 18.9 Å². The summed E-state index contributed by atoms with van der Waals surface area (Å²) in [5.74, 6) is 0.686. The molecular formula is C10H19FN2. The van der Waals surface area contributed by atoms with Gasteiger partial charge in [-0.05, 0) is 32.1 Å². The summed E-state index contributed by atoms with van der Waals surface area (Å²) in [7, 11) is 0. The number of hydrogen-bond donors (Lipinski definition) is 1. The van der Waals surface area contributed by atoms with Crippen LogP contribution in [0.5, 0.6) is 0 Å². The molecular weight excluding hydrogens is 167 g/mol.